The number of halogens is 2. The molecule has 0 aliphatic heterocycles. The summed E-state index contributed by atoms with van der Waals surface area (Å²) in [5, 5.41) is 2.35. The van der Waals surface area contributed by atoms with Crippen LogP contribution in [0.15, 0.2) is 63.7 Å². The van der Waals surface area contributed by atoms with E-state index in [1.54, 1.807) is 6.20 Å². The Kier molecular flexibility index (Phi) is 4.35. The molecule has 1 heterocycles. The molecule has 0 bridgehead atoms. The molecule has 0 saturated carbocycles. The zero-order chi connectivity index (χ0) is 14.8. The normalized spacial score (nSPS) is 12.5. The van der Waals surface area contributed by atoms with Crippen LogP contribution in [0.4, 0.5) is 0 Å². The van der Waals surface area contributed by atoms with Crippen LogP contribution in [0.25, 0.3) is 10.8 Å². The summed E-state index contributed by atoms with van der Waals surface area (Å²) in [6.07, 6.45) is 1.77. The van der Waals surface area contributed by atoms with E-state index >= 15 is 0 Å². The predicted octanol–water partition coefficient (Wildman–Crippen LogP) is 4.31. The molecule has 21 heavy (non-hydrogen) atoms. The molecule has 3 aromatic rings. The highest BCUT2D eigenvalue weighted by atomic mass is 79.9. The molecule has 0 spiro atoms. The molecule has 2 aromatic carbocycles. The Hall–Kier alpha value is -1.27. The molecule has 0 aliphatic rings. The van der Waals surface area contributed by atoms with Gasteiger partial charge in [0.1, 0.15) is 0 Å². The molecule has 0 amide bonds. The van der Waals surface area contributed by atoms with Crippen LogP contribution in [0.1, 0.15) is 17.3 Å². The molecular weight excluding hydrogens is 394 g/mol. The maximum atomic E-state index is 5.81. The average molecular weight is 407 g/mol. The van der Waals surface area contributed by atoms with E-state index in [0.29, 0.717) is 0 Å². The molecule has 1 atom stereocenters. The van der Waals surface area contributed by atoms with E-state index in [0.717, 1.165) is 20.2 Å². The molecule has 0 aliphatic carbocycles. The summed E-state index contributed by atoms with van der Waals surface area (Å²) in [5.74, 6) is 5.81. The molecular formula is C16H13Br2N3. The Morgan fingerprint density at radius 2 is 1.81 bits per heavy atom. The summed E-state index contributed by atoms with van der Waals surface area (Å²) in [4.78, 5) is 4.50. The summed E-state index contributed by atoms with van der Waals surface area (Å²) in [7, 11) is 0. The van der Waals surface area contributed by atoms with Crippen molar-refractivity contribution in [2.24, 2.45) is 5.84 Å². The quantitative estimate of drug-likeness (QED) is 0.503. The topological polar surface area (TPSA) is 50.9 Å². The van der Waals surface area contributed by atoms with E-state index in [4.69, 9.17) is 5.84 Å². The number of rotatable bonds is 3. The van der Waals surface area contributed by atoms with E-state index in [1.807, 2.05) is 24.3 Å². The lowest BCUT2D eigenvalue weighted by molar-refractivity contribution is 0.621. The number of nitrogens with zero attached hydrogens (tertiary/aromatic N) is 1. The van der Waals surface area contributed by atoms with Gasteiger partial charge in [0.15, 0.2) is 0 Å². The van der Waals surface area contributed by atoms with Crippen molar-refractivity contribution >= 4 is 42.6 Å². The van der Waals surface area contributed by atoms with Crippen LogP contribution in [0.5, 0.6) is 0 Å². The first-order chi connectivity index (χ1) is 10.2. The maximum Gasteiger partial charge on any atom is 0.0898 e. The number of aromatic nitrogens is 1. The van der Waals surface area contributed by atoms with Gasteiger partial charge in [0.25, 0.3) is 0 Å². The fraction of sp³-hybridized carbons (Fsp3) is 0.0625. The van der Waals surface area contributed by atoms with Gasteiger partial charge >= 0.3 is 0 Å². The minimum Gasteiger partial charge on any atom is -0.271 e. The molecule has 5 heteroatoms. The van der Waals surface area contributed by atoms with Gasteiger partial charge in [-0.25, -0.2) is 5.43 Å². The molecule has 3 nitrogen and oxygen atoms in total. The molecule has 0 radical (unpaired) electrons. The number of nitrogens with one attached hydrogen (secondary N) is 1. The lowest BCUT2D eigenvalue weighted by Gasteiger charge is -2.19. The van der Waals surface area contributed by atoms with Crippen LogP contribution in [0.3, 0.4) is 0 Å². The van der Waals surface area contributed by atoms with Gasteiger partial charge in [0.2, 0.25) is 0 Å². The molecule has 0 fully saturated rings. The first-order valence-corrected chi connectivity index (χ1v) is 8.04. The standard InChI is InChI=1S/C16H13Br2N3/c17-11-8-14(18)16(20-9-11)15(21-19)13-7-3-5-10-4-1-2-6-12(10)13/h1-9,15,21H,19H2. The highest BCUT2D eigenvalue weighted by Crippen LogP contribution is 2.32. The predicted molar refractivity (Wildman–Crippen MR) is 92.8 cm³/mol. The van der Waals surface area contributed by atoms with Crippen LogP contribution in [0.2, 0.25) is 0 Å². The second-order valence-electron chi connectivity index (χ2n) is 4.69. The number of hydrogen-bond donors (Lipinski definition) is 2. The SMILES string of the molecule is NNC(c1ncc(Br)cc1Br)c1cccc2ccccc12. The summed E-state index contributed by atoms with van der Waals surface area (Å²) < 4.78 is 1.83. The fourth-order valence-electron chi connectivity index (χ4n) is 2.46. The number of hydrogen-bond acceptors (Lipinski definition) is 3. The molecule has 0 saturated heterocycles. The van der Waals surface area contributed by atoms with Crippen molar-refractivity contribution in [1.29, 1.82) is 0 Å². The third-order valence-electron chi connectivity index (χ3n) is 3.41. The van der Waals surface area contributed by atoms with Crippen molar-refractivity contribution in [1.82, 2.24) is 10.4 Å². The van der Waals surface area contributed by atoms with Gasteiger partial charge in [-0.3, -0.25) is 10.8 Å². The zero-order valence-corrected chi connectivity index (χ0v) is 14.2. The molecule has 1 aromatic heterocycles. The molecule has 106 valence electrons. The highest BCUT2D eigenvalue weighted by Gasteiger charge is 2.19. The molecule has 3 N–H and O–H groups in total. The van der Waals surface area contributed by atoms with Crippen LogP contribution >= 0.6 is 31.9 Å². The first-order valence-electron chi connectivity index (χ1n) is 6.45. The number of hydrazine groups is 1. The fourth-order valence-corrected chi connectivity index (χ4v) is 3.67. The number of pyridine rings is 1. The van der Waals surface area contributed by atoms with Gasteiger partial charge in [-0.15, -0.1) is 0 Å². The van der Waals surface area contributed by atoms with Gasteiger partial charge in [-0.2, -0.15) is 0 Å². The summed E-state index contributed by atoms with van der Waals surface area (Å²) in [6.45, 7) is 0. The number of nitrogens with two attached hydrogens (primary N) is 1. The van der Waals surface area contributed by atoms with Crippen LogP contribution in [-0.4, -0.2) is 4.98 Å². The van der Waals surface area contributed by atoms with E-state index in [2.05, 4.69) is 66.5 Å². The Morgan fingerprint density at radius 1 is 1.05 bits per heavy atom. The largest absolute Gasteiger partial charge is 0.271 e. The zero-order valence-electron chi connectivity index (χ0n) is 11.1. The summed E-state index contributed by atoms with van der Waals surface area (Å²) in [5.41, 5.74) is 4.84. The lowest BCUT2D eigenvalue weighted by atomic mass is 9.97. The van der Waals surface area contributed by atoms with Gasteiger partial charge < -0.3 is 0 Å². The minimum atomic E-state index is -0.182. The summed E-state index contributed by atoms with van der Waals surface area (Å²) in [6, 6.07) is 16.2. The van der Waals surface area contributed by atoms with Crippen LogP contribution in [0, 0.1) is 0 Å². The smallest absolute Gasteiger partial charge is 0.0898 e. The van der Waals surface area contributed by atoms with Gasteiger partial charge in [0.05, 0.1) is 11.7 Å². The van der Waals surface area contributed by atoms with Crippen molar-refractivity contribution in [3.8, 4) is 0 Å². The van der Waals surface area contributed by atoms with Crippen molar-refractivity contribution < 1.29 is 0 Å². The van der Waals surface area contributed by atoms with Crippen LogP contribution < -0.4 is 11.3 Å². The van der Waals surface area contributed by atoms with Crippen molar-refractivity contribution in [2.75, 3.05) is 0 Å². The lowest BCUT2D eigenvalue weighted by Crippen LogP contribution is -2.30. The van der Waals surface area contributed by atoms with E-state index < -0.39 is 0 Å². The molecule has 3 rings (SSSR count). The highest BCUT2D eigenvalue weighted by molar-refractivity contribution is 9.11. The minimum absolute atomic E-state index is 0.182. The second kappa shape index (κ2) is 6.23. The van der Waals surface area contributed by atoms with Crippen molar-refractivity contribution in [3.63, 3.8) is 0 Å². The Bertz CT molecular complexity index is 784. The Morgan fingerprint density at radius 3 is 2.57 bits per heavy atom. The second-order valence-corrected chi connectivity index (χ2v) is 6.46. The Balaban J connectivity index is 2.18. The third-order valence-corrected chi connectivity index (χ3v) is 4.48. The monoisotopic (exact) mass is 405 g/mol. The van der Waals surface area contributed by atoms with E-state index in [-0.39, 0.29) is 6.04 Å². The molecule has 1 unspecified atom stereocenters. The van der Waals surface area contributed by atoms with Gasteiger partial charge in [0, 0.05) is 15.1 Å². The van der Waals surface area contributed by atoms with Crippen molar-refractivity contribution in [3.05, 3.63) is 74.9 Å². The van der Waals surface area contributed by atoms with Gasteiger partial charge in [-0.05, 0) is 54.3 Å². The number of fused-ring (bicyclic) bond motifs is 1. The first kappa shape index (κ1) is 14.7. The van der Waals surface area contributed by atoms with E-state index in [1.165, 1.54) is 10.8 Å². The van der Waals surface area contributed by atoms with Crippen LogP contribution in [-0.2, 0) is 0 Å². The Labute approximate surface area is 139 Å². The van der Waals surface area contributed by atoms with E-state index in [9.17, 15) is 0 Å². The average Bonchev–Trinajstić information content (AvgIpc) is 2.50. The van der Waals surface area contributed by atoms with Gasteiger partial charge in [-0.1, -0.05) is 42.5 Å². The van der Waals surface area contributed by atoms with Crippen molar-refractivity contribution in [2.45, 2.75) is 6.04 Å². The summed E-state index contributed by atoms with van der Waals surface area (Å²) >= 11 is 6.98. The number of benzene rings is 2. The maximum absolute atomic E-state index is 5.81. The third kappa shape index (κ3) is 2.87.